The Morgan fingerprint density at radius 3 is 2.44 bits per heavy atom. The summed E-state index contributed by atoms with van der Waals surface area (Å²) in [6.07, 6.45) is 0. The fourth-order valence-electron chi connectivity index (χ4n) is 4.45. The van der Waals surface area contributed by atoms with Crippen molar-refractivity contribution in [3.05, 3.63) is 89.4 Å². The van der Waals surface area contributed by atoms with E-state index in [1.807, 2.05) is 84.6 Å². The average Bonchev–Trinajstić information content (AvgIpc) is 2.89. The van der Waals surface area contributed by atoms with Gasteiger partial charge in [0.15, 0.2) is 0 Å². The summed E-state index contributed by atoms with van der Waals surface area (Å²) in [6.45, 7) is 5.35. The second-order valence-electron chi connectivity index (χ2n) is 8.26. The molecule has 172 valence electrons. The minimum absolute atomic E-state index is 0.00425. The zero-order chi connectivity index (χ0) is 23.5. The fraction of sp³-hybridized carbons (Fsp3) is 0.214. The third-order valence-electron chi connectivity index (χ3n) is 6.14. The van der Waals surface area contributed by atoms with Gasteiger partial charge in [0.1, 0.15) is 5.75 Å². The van der Waals surface area contributed by atoms with Crippen LogP contribution in [-0.4, -0.2) is 48.6 Å². The van der Waals surface area contributed by atoms with Crippen LogP contribution >= 0.6 is 11.6 Å². The molecule has 1 amide bonds. The van der Waals surface area contributed by atoms with Gasteiger partial charge >= 0.3 is 0 Å². The molecule has 0 unspecified atom stereocenters. The molecule has 0 atom stereocenters. The van der Waals surface area contributed by atoms with E-state index in [-0.39, 0.29) is 5.91 Å². The SMILES string of the molecule is CCOc1ccccc1N1CCN(C(=O)c2cc(-c3ccccc3)nc3ccc(Cl)cc23)CC1. The molecular formula is C28H26ClN3O2. The Kier molecular flexibility index (Phi) is 6.37. The Morgan fingerprint density at radius 2 is 1.68 bits per heavy atom. The van der Waals surface area contributed by atoms with E-state index in [4.69, 9.17) is 21.3 Å². The second kappa shape index (κ2) is 9.74. The Bertz CT molecular complexity index is 1320. The summed E-state index contributed by atoms with van der Waals surface area (Å²) in [5.74, 6) is 0.886. The van der Waals surface area contributed by atoms with E-state index in [0.717, 1.165) is 46.7 Å². The summed E-state index contributed by atoms with van der Waals surface area (Å²) in [6, 6.07) is 25.4. The average molecular weight is 472 g/mol. The van der Waals surface area contributed by atoms with Crippen LogP contribution in [-0.2, 0) is 0 Å². The van der Waals surface area contributed by atoms with Crippen LogP contribution < -0.4 is 9.64 Å². The number of hydrogen-bond donors (Lipinski definition) is 0. The Balaban J connectivity index is 1.43. The number of piperazine rings is 1. The summed E-state index contributed by atoms with van der Waals surface area (Å²) in [5.41, 5.74) is 4.23. The Morgan fingerprint density at radius 1 is 0.941 bits per heavy atom. The van der Waals surface area contributed by atoms with Crippen LogP contribution in [0.4, 0.5) is 5.69 Å². The molecule has 1 aromatic heterocycles. The number of anilines is 1. The van der Waals surface area contributed by atoms with E-state index in [1.54, 1.807) is 0 Å². The van der Waals surface area contributed by atoms with Crippen molar-refractivity contribution in [3.8, 4) is 17.0 Å². The summed E-state index contributed by atoms with van der Waals surface area (Å²) >= 11 is 6.29. The molecule has 0 radical (unpaired) electrons. The summed E-state index contributed by atoms with van der Waals surface area (Å²) in [5, 5.41) is 1.37. The molecule has 34 heavy (non-hydrogen) atoms. The maximum absolute atomic E-state index is 13.7. The van der Waals surface area contributed by atoms with E-state index >= 15 is 0 Å². The predicted octanol–water partition coefficient (Wildman–Crippen LogP) is 5.92. The third-order valence-corrected chi connectivity index (χ3v) is 6.38. The number of aromatic nitrogens is 1. The topological polar surface area (TPSA) is 45.7 Å². The molecule has 3 aromatic carbocycles. The van der Waals surface area contributed by atoms with Crippen LogP contribution in [0.1, 0.15) is 17.3 Å². The lowest BCUT2D eigenvalue weighted by Gasteiger charge is -2.37. The van der Waals surface area contributed by atoms with Gasteiger partial charge in [0.05, 0.1) is 29.1 Å². The van der Waals surface area contributed by atoms with Gasteiger partial charge in [0.25, 0.3) is 5.91 Å². The number of ether oxygens (including phenoxy) is 1. The monoisotopic (exact) mass is 471 g/mol. The van der Waals surface area contributed by atoms with Crippen LogP contribution in [0.25, 0.3) is 22.2 Å². The van der Waals surface area contributed by atoms with Gasteiger partial charge in [-0.1, -0.05) is 54.1 Å². The van der Waals surface area contributed by atoms with Crippen molar-refractivity contribution in [2.75, 3.05) is 37.7 Å². The number of carbonyl (C=O) groups is 1. The van der Waals surface area contributed by atoms with Gasteiger partial charge in [0.2, 0.25) is 0 Å². The molecule has 0 aliphatic carbocycles. The fourth-order valence-corrected chi connectivity index (χ4v) is 4.62. The van der Waals surface area contributed by atoms with Crippen molar-refractivity contribution in [2.24, 2.45) is 0 Å². The number of halogens is 1. The number of nitrogens with zero attached hydrogens (tertiary/aromatic N) is 3. The molecule has 1 fully saturated rings. The zero-order valence-electron chi connectivity index (χ0n) is 19.1. The van der Waals surface area contributed by atoms with Crippen molar-refractivity contribution in [3.63, 3.8) is 0 Å². The number of rotatable bonds is 5. The summed E-state index contributed by atoms with van der Waals surface area (Å²) < 4.78 is 5.81. The van der Waals surface area contributed by atoms with Crippen molar-refractivity contribution in [1.29, 1.82) is 0 Å². The first-order valence-corrected chi connectivity index (χ1v) is 11.9. The molecular weight excluding hydrogens is 446 g/mol. The maximum atomic E-state index is 13.7. The van der Waals surface area contributed by atoms with Crippen LogP contribution in [0.5, 0.6) is 5.75 Å². The maximum Gasteiger partial charge on any atom is 0.254 e. The molecule has 0 N–H and O–H groups in total. The number of amides is 1. The van der Waals surface area contributed by atoms with Crippen LogP contribution in [0.3, 0.4) is 0 Å². The number of fused-ring (bicyclic) bond motifs is 1. The first kappa shape index (κ1) is 22.2. The van der Waals surface area contributed by atoms with Gasteiger partial charge in [-0.2, -0.15) is 0 Å². The van der Waals surface area contributed by atoms with Crippen LogP contribution in [0, 0.1) is 0 Å². The van der Waals surface area contributed by atoms with E-state index in [0.29, 0.717) is 30.3 Å². The summed E-state index contributed by atoms with van der Waals surface area (Å²) in [4.78, 5) is 22.7. The Hall–Kier alpha value is -3.57. The van der Waals surface area contributed by atoms with Crippen molar-refractivity contribution < 1.29 is 9.53 Å². The van der Waals surface area contributed by atoms with E-state index in [1.165, 1.54) is 0 Å². The van der Waals surface area contributed by atoms with Gasteiger partial charge in [-0.05, 0) is 43.3 Å². The highest BCUT2D eigenvalue weighted by molar-refractivity contribution is 6.31. The molecule has 2 heterocycles. The number of hydrogen-bond acceptors (Lipinski definition) is 4. The molecule has 1 aliphatic heterocycles. The first-order chi connectivity index (χ1) is 16.6. The lowest BCUT2D eigenvalue weighted by Crippen LogP contribution is -2.49. The number of benzene rings is 3. The molecule has 6 heteroatoms. The van der Waals surface area contributed by atoms with E-state index in [2.05, 4.69) is 11.0 Å². The highest BCUT2D eigenvalue weighted by Gasteiger charge is 2.25. The third kappa shape index (κ3) is 4.44. The van der Waals surface area contributed by atoms with Gasteiger partial charge < -0.3 is 14.5 Å². The van der Waals surface area contributed by atoms with Crippen molar-refractivity contribution in [1.82, 2.24) is 9.88 Å². The number of pyridine rings is 1. The molecule has 0 bridgehead atoms. The molecule has 5 rings (SSSR count). The number of carbonyl (C=O) groups excluding carboxylic acids is 1. The van der Waals surface area contributed by atoms with Crippen LogP contribution in [0.15, 0.2) is 78.9 Å². The quantitative estimate of drug-likeness (QED) is 0.362. The lowest BCUT2D eigenvalue weighted by molar-refractivity contribution is 0.0748. The largest absolute Gasteiger partial charge is 0.492 e. The zero-order valence-corrected chi connectivity index (χ0v) is 19.8. The highest BCUT2D eigenvalue weighted by Crippen LogP contribution is 2.31. The van der Waals surface area contributed by atoms with E-state index < -0.39 is 0 Å². The highest BCUT2D eigenvalue weighted by atomic mass is 35.5. The first-order valence-electron chi connectivity index (χ1n) is 11.6. The number of para-hydroxylation sites is 2. The van der Waals surface area contributed by atoms with E-state index in [9.17, 15) is 4.79 Å². The predicted molar refractivity (Wildman–Crippen MR) is 138 cm³/mol. The Labute approximate surface area is 204 Å². The minimum atomic E-state index is 0.00425. The normalized spacial score (nSPS) is 13.8. The lowest BCUT2D eigenvalue weighted by atomic mass is 10.0. The van der Waals surface area contributed by atoms with Crippen LogP contribution in [0.2, 0.25) is 5.02 Å². The van der Waals surface area contributed by atoms with Crippen molar-refractivity contribution >= 4 is 34.1 Å². The molecule has 1 aliphatic rings. The summed E-state index contributed by atoms with van der Waals surface area (Å²) in [7, 11) is 0. The van der Waals surface area contributed by atoms with Gasteiger partial charge in [0, 0.05) is 42.2 Å². The van der Waals surface area contributed by atoms with Gasteiger partial charge in [-0.25, -0.2) is 4.98 Å². The smallest absolute Gasteiger partial charge is 0.254 e. The molecule has 0 spiro atoms. The molecule has 4 aromatic rings. The molecule has 1 saturated heterocycles. The standard InChI is InChI=1S/C28H26ClN3O2/c1-2-34-27-11-7-6-10-26(27)31-14-16-32(17-15-31)28(33)23-19-25(20-8-4-3-5-9-20)30-24-13-12-21(29)18-22(23)24/h3-13,18-19H,2,14-17H2,1H3. The minimum Gasteiger partial charge on any atom is -0.492 e. The van der Waals surface area contributed by atoms with Gasteiger partial charge in [-0.15, -0.1) is 0 Å². The molecule has 5 nitrogen and oxygen atoms in total. The van der Waals surface area contributed by atoms with Crippen molar-refractivity contribution in [2.45, 2.75) is 6.92 Å². The second-order valence-corrected chi connectivity index (χ2v) is 8.70. The molecule has 0 saturated carbocycles. The van der Waals surface area contributed by atoms with Gasteiger partial charge in [-0.3, -0.25) is 4.79 Å².